The van der Waals surface area contributed by atoms with Gasteiger partial charge in [-0.2, -0.15) is 0 Å². The zero-order valence-electron chi connectivity index (χ0n) is 21.4. The standard InChI is InChI=1S/C30H33N5O3/c31-13-12-23-20-32-28-11-10-26(19-27(23)28)38-21-30(37)35-16-14-34(15-17-35)25-8-6-24(7-9-25)33-29(36)18-22-4-2-1-3-5-22/h1-11,19-20,32H,12-18,21,31H2,(H,33,36). The summed E-state index contributed by atoms with van der Waals surface area (Å²) >= 11 is 0. The van der Waals surface area contributed by atoms with Crippen molar-refractivity contribution in [1.82, 2.24) is 9.88 Å². The van der Waals surface area contributed by atoms with Crippen molar-refractivity contribution in [1.29, 1.82) is 0 Å². The Morgan fingerprint density at radius 3 is 2.45 bits per heavy atom. The van der Waals surface area contributed by atoms with Crippen LogP contribution in [0.15, 0.2) is 79.0 Å². The molecule has 0 atom stereocenters. The van der Waals surface area contributed by atoms with Crippen LogP contribution < -0.4 is 20.7 Å². The van der Waals surface area contributed by atoms with Crippen molar-refractivity contribution in [2.45, 2.75) is 12.8 Å². The third kappa shape index (κ3) is 6.15. The Morgan fingerprint density at radius 2 is 1.71 bits per heavy atom. The number of carbonyl (C=O) groups is 2. The summed E-state index contributed by atoms with van der Waals surface area (Å²) in [5, 5.41) is 4.04. The number of ether oxygens (including phenoxy) is 1. The van der Waals surface area contributed by atoms with Crippen LogP contribution in [0.4, 0.5) is 11.4 Å². The second-order valence-electron chi connectivity index (χ2n) is 9.47. The van der Waals surface area contributed by atoms with E-state index < -0.39 is 0 Å². The van der Waals surface area contributed by atoms with Gasteiger partial charge in [0.15, 0.2) is 6.61 Å². The van der Waals surface area contributed by atoms with E-state index in [9.17, 15) is 9.59 Å². The predicted octanol–water partition coefficient (Wildman–Crippen LogP) is 3.58. The molecule has 3 aromatic carbocycles. The van der Waals surface area contributed by atoms with Crippen LogP contribution in [0.5, 0.6) is 5.75 Å². The Balaban J connectivity index is 1.08. The largest absolute Gasteiger partial charge is 0.484 e. The number of fused-ring (bicyclic) bond motifs is 1. The third-order valence-electron chi connectivity index (χ3n) is 6.87. The van der Waals surface area contributed by atoms with Crippen LogP contribution in [0.25, 0.3) is 10.9 Å². The van der Waals surface area contributed by atoms with Crippen LogP contribution >= 0.6 is 0 Å². The monoisotopic (exact) mass is 511 g/mol. The molecule has 4 N–H and O–H groups in total. The van der Waals surface area contributed by atoms with E-state index in [0.717, 1.165) is 52.9 Å². The van der Waals surface area contributed by atoms with Gasteiger partial charge in [0.2, 0.25) is 5.91 Å². The minimum absolute atomic E-state index is 0.0134. The highest BCUT2D eigenvalue weighted by Crippen LogP contribution is 2.24. The van der Waals surface area contributed by atoms with Crippen molar-refractivity contribution >= 4 is 34.1 Å². The van der Waals surface area contributed by atoms with Gasteiger partial charge < -0.3 is 30.6 Å². The molecule has 8 heteroatoms. The summed E-state index contributed by atoms with van der Waals surface area (Å²) in [4.78, 5) is 32.5. The van der Waals surface area contributed by atoms with Crippen molar-refractivity contribution in [3.05, 3.63) is 90.1 Å². The summed E-state index contributed by atoms with van der Waals surface area (Å²) in [6.45, 7) is 3.34. The fourth-order valence-corrected chi connectivity index (χ4v) is 4.80. The van der Waals surface area contributed by atoms with E-state index in [4.69, 9.17) is 10.5 Å². The molecular weight excluding hydrogens is 478 g/mol. The summed E-state index contributed by atoms with van der Waals surface area (Å²) in [6, 6.07) is 23.4. The number of hydrogen-bond donors (Lipinski definition) is 3. The third-order valence-corrected chi connectivity index (χ3v) is 6.87. The number of nitrogens with two attached hydrogens (primary N) is 1. The second kappa shape index (κ2) is 11.8. The van der Waals surface area contributed by atoms with Crippen LogP contribution in [-0.4, -0.2) is 61.0 Å². The fourth-order valence-electron chi connectivity index (χ4n) is 4.80. The number of benzene rings is 3. The van der Waals surface area contributed by atoms with Crippen molar-refractivity contribution in [2.75, 3.05) is 49.5 Å². The SMILES string of the molecule is NCCc1c[nH]c2ccc(OCC(=O)N3CCN(c4ccc(NC(=O)Cc5ccccc5)cc4)CC3)cc12. The molecule has 4 aromatic rings. The van der Waals surface area contributed by atoms with Gasteiger partial charge in [-0.3, -0.25) is 9.59 Å². The Bertz CT molecular complexity index is 1380. The summed E-state index contributed by atoms with van der Waals surface area (Å²) in [5.74, 6) is 0.623. The highest BCUT2D eigenvalue weighted by Gasteiger charge is 2.22. The average Bonchev–Trinajstić information content (AvgIpc) is 3.35. The number of aromatic amines is 1. The number of nitrogens with zero attached hydrogens (tertiary/aromatic N) is 2. The quantitative estimate of drug-likeness (QED) is 0.319. The molecule has 38 heavy (non-hydrogen) atoms. The number of amides is 2. The fraction of sp³-hybridized carbons (Fsp3) is 0.267. The van der Waals surface area contributed by atoms with Gasteiger partial charge in [0.25, 0.3) is 5.91 Å². The van der Waals surface area contributed by atoms with E-state index in [1.165, 1.54) is 0 Å². The number of aromatic nitrogens is 1. The molecule has 2 heterocycles. The minimum atomic E-state index is -0.0395. The first-order chi connectivity index (χ1) is 18.6. The Labute approximate surface area is 222 Å². The molecule has 2 amide bonds. The first-order valence-corrected chi connectivity index (χ1v) is 13.0. The Hall–Kier alpha value is -4.30. The van der Waals surface area contributed by atoms with Gasteiger partial charge in [0.05, 0.1) is 6.42 Å². The van der Waals surface area contributed by atoms with E-state index in [1.807, 2.05) is 83.9 Å². The molecule has 5 rings (SSSR count). The molecule has 1 fully saturated rings. The van der Waals surface area contributed by atoms with Gasteiger partial charge >= 0.3 is 0 Å². The van der Waals surface area contributed by atoms with Crippen LogP contribution in [-0.2, 0) is 22.4 Å². The molecule has 0 saturated carbocycles. The second-order valence-corrected chi connectivity index (χ2v) is 9.47. The molecule has 0 radical (unpaired) electrons. The summed E-state index contributed by atoms with van der Waals surface area (Å²) < 4.78 is 5.84. The number of rotatable bonds is 9. The van der Waals surface area contributed by atoms with Gasteiger partial charge in [0, 0.05) is 54.7 Å². The number of anilines is 2. The molecule has 1 saturated heterocycles. The maximum absolute atomic E-state index is 12.8. The number of nitrogens with one attached hydrogen (secondary N) is 2. The van der Waals surface area contributed by atoms with Gasteiger partial charge in [-0.1, -0.05) is 30.3 Å². The molecule has 0 bridgehead atoms. The summed E-state index contributed by atoms with van der Waals surface area (Å²) in [5.41, 5.74) is 10.7. The maximum atomic E-state index is 12.8. The average molecular weight is 512 g/mol. The smallest absolute Gasteiger partial charge is 0.260 e. The summed E-state index contributed by atoms with van der Waals surface area (Å²) in [6.07, 6.45) is 3.11. The van der Waals surface area contributed by atoms with Crippen molar-refractivity contribution < 1.29 is 14.3 Å². The highest BCUT2D eigenvalue weighted by molar-refractivity contribution is 5.92. The van der Waals surface area contributed by atoms with E-state index in [2.05, 4.69) is 15.2 Å². The zero-order valence-corrected chi connectivity index (χ0v) is 21.4. The van der Waals surface area contributed by atoms with Crippen molar-refractivity contribution in [3.63, 3.8) is 0 Å². The number of carbonyl (C=O) groups excluding carboxylic acids is 2. The molecule has 0 unspecified atom stereocenters. The topological polar surface area (TPSA) is 104 Å². The molecule has 8 nitrogen and oxygen atoms in total. The van der Waals surface area contributed by atoms with E-state index in [1.54, 1.807) is 0 Å². The zero-order chi connectivity index (χ0) is 26.3. The van der Waals surface area contributed by atoms with E-state index in [-0.39, 0.29) is 18.4 Å². The van der Waals surface area contributed by atoms with Gasteiger partial charge in [0.1, 0.15) is 5.75 Å². The van der Waals surface area contributed by atoms with Gasteiger partial charge in [-0.25, -0.2) is 0 Å². The lowest BCUT2D eigenvalue weighted by atomic mass is 10.1. The van der Waals surface area contributed by atoms with Crippen molar-refractivity contribution in [3.8, 4) is 5.75 Å². The lowest BCUT2D eigenvalue weighted by molar-refractivity contribution is -0.133. The molecular formula is C30H33N5O3. The molecule has 1 aliphatic heterocycles. The highest BCUT2D eigenvalue weighted by atomic mass is 16.5. The minimum Gasteiger partial charge on any atom is -0.484 e. The number of hydrogen-bond acceptors (Lipinski definition) is 5. The van der Waals surface area contributed by atoms with Crippen LogP contribution in [0.2, 0.25) is 0 Å². The molecule has 1 aromatic heterocycles. The molecule has 1 aliphatic rings. The molecule has 0 aliphatic carbocycles. The van der Waals surface area contributed by atoms with Gasteiger partial charge in [-0.05, 0) is 66.6 Å². The van der Waals surface area contributed by atoms with Crippen molar-refractivity contribution in [2.24, 2.45) is 5.73 Å². The summed E-state index contributed by atoms with van der Waals surface area (Å²) in [7, 11) is 0. The van der Waals surface area contributed by atoms with Crippen LogP contribution in [0, 0.1) is 0 Å². The number of piperazine rings is 1. The Kier molecular flexibility index (Phi) is 7.89. The Morgan fingerprint density at radius 1 is 0.947 bits per heavy atom. The van der Waals surface area contributed by atoms with Crippen LogP contribution in [0.1, 0.15) is 11.1 Å². The first kappa shape index (κ1) is 25.4. The van der Waals surface area contributed by atoms with E-state index in [0.29, 0.717) is 31.8 Å². The molecule has 0 spiro atoms. The van der Waals surface area contributed by atoms with Crippen LogP contribution in [0.3, 0.4) is 0 Å². The lowest BCUT2D eigenvalue weighted by Gasteiger charge is -2.36. The molecule has 196 valence electrons. The predicted molar refractivity (Wildman–Crippen MR) is 151 cm³/mol. The lowest BCUT2D eigenvalue weighted by Crippen LogP contribution is -2.50. The van der Waals surface area contributed by atoms with Gasteiger partial charge in [-0.15, -0.1) is 0 Å². The van der Waals surface area contributed by atoms with E-state index >= 15 is 0 Å². The maximum Gasteiger partial charge on any atom is 0.260 e. The normalized spacial score (nSPS) is 13.5. The number of H-pyrrole nitrogens is 1. The first-order valence-electron chi connectivity index (χ1n) is 13.0.